The first-order valence-corrected chi connectivity index (χ1v) is 5.75. The minimum Gasteiger partial charge on any atom is -0.390 e. The molecule has 1 atom stereocenters. The lowest BCUT2D eigenvalue weighted by Crippen LogP contribution is -2.46. The summed E-state index contributed by atoms with van der Waals surface area (Å²) >= 11 is 0. The van der Waals surface area contributed by atoms with Crippen molar-refractivity contribution in [2.75, 3.05) is 0 Å². The van der Waals surface area contributed by atoms with Gasteiger partial charge in [0.15, 0.2) is 0 Å². The van der Waals surface area contributed by atoms with Gasteiger partial charge in [-0.15, -0.1) is 0 Å². The Kier molecular flexibility index (Phi) is 3.72. The van der Waals surface area contributed by atoms with Gasteiger partial charge >= 0.3 is 0 Å². The van der Waals surface area contributed by atoms with Gasteiger partial charge in [0.25, 0.3) is 10.1 Å². The molecule has 86 valence electrons. The second-order valence-corrected chi connectivity index (χ2v) is 6.27. The van der Waals surface area contributed by atoms with Gasteiger partial charge in [-0.3, -0.25) is 4.55 Å². The van der Waals surface area contributed by atoms with E-state index in [1.165, 1.54) is 27.7 Å². The van der Waals surface area contributed by atoms with Crippen LogP contribution in [0.15, 0.2) is 0 Å². The van der Waals surface area contributed by atoms with Crippen LogP contribution in [0.25, 0.3) is 0 Å². The van der Waals surface area contributed by atoms with E-state index in [9.17, 15) is 18.6 Å². The van der Waals surface area contributed by atoms with E-state index < -0.39 is 26.6 Å². The summed E-state index contributed by atoms with van der Waals surface area (Å²) in [4.78, 5) is 0. The fourth-order valence-corrected chi connectivity index (χ4v) is 2.52. The first-order chi connectivity index (χ1) is 5.84. The zero-order valence-corrected chi connectivity index (χ0v) is 9.67. The van der Waals surface area contributed by atoms with Crippen molar-refractivity contribution < 1.29 is 23.2 Å². The molecule has 0 fully saturated rings. The minimum absolute atomic E-state index is 0.227. The summed E-state index contributed by atoms with van der Waals surface area (Å²) in [6.45, 7) is 5.38. The lowest BCUT2D eigenvalue weighted by Gasteiger charge is -2.31. The van der Waals surface area contributed by atoms with E-state index in [1.54, 1.807) is 0 Å². The summed E-state index contributed by atoms with van der Waals surface area (Å²) < 4.78 is 30.8. The molecule has 0 rings (SSSR count). The maximum absolute atomic E-state index is 10.9. The first kappa shape index (κ1) is 13.8. The Hall–Kier alpha value is -0.170. The third kappa shape index (κ3) is 4.90. The molecule has 0 aromatic rings. The van der Waals surface area contributed by atoms with Crippen LogP contribution in [0.4, 0.5) is 0 Å². The fraction of sp³-hybridized carbons (Fsp3) is 1.00. The lowest BCUT2D eigenvalue weighted by molar-refractivity contribution is 0.0182. The maximum atomic E-state index is 10.9. The van der Waals surface area contributed by atoms with E-state index in [0.29, 0.717) is 0 Å². The van der Waals surface area contributed by atoms with Crippen LogP contribution < -0.4 is 0 Å². The summed E-state index contributed by atoms with van der Waals surface area (Å²) in [5.74, 6) is 0. The zero-order valence-electron chi connectivity index (χ0n) is 8.85. The van der Waals surface area contributed by atoms with E-state index in [-0.39, 0.29) is 6.42 Å². The van der Waals surface area contributed by atoms with E-state index in [2.05, 4.69) is 0 Å². The van der Waals surface area contributed by atoms with Gasteiger partial charge in [-0.05, 0) is 34.1 Å². The van der Waals surface area contributed by atoms with Crippen LogP contribution in [-0.2, 0) is 10.1 Å². The number of hydrogen-bond acceptors (Lipinski definition) is 4. The second kappa shape index (κ2) is 3.77. The van der Waals surface area contributed by atoms with Crippen molar-refractivity contribution in [2.24, 2.45) is 0 Å². The van der Waals surface area contributed by atoms with Gasteiger partial charge in [-0.1, -0.05) is 0 Å². The molecule has 0 aromatic heterocycles. The first-order valence-electron chi connectivity index (χ1n) is 4.25. The van der Waals surface area contributed by atoms with Gasteiger partial charge in [0.1, 0.15) is 5.25 Å². The molecule has 14 heavy (non-hydrogen) atoms. The van der Waals surface area contributed by atoms with Crippen molar-refractivity contribution >= 4 is 10.1 Å². The zero-order chi connectivity index (χ0) is 11.8. The van der Waals surface area contributed by atoms with Crippen molar-refractivity contribution in [1.82, 2.24) is 0 Å². The van der Waals surface area contributed by atoms with Crippen LogP contribution in [0.2, 0.25) is 0 Å². The van der Waals surface area contributed by atoms with Crippen molar-refractivity contribution in [2.45, 2.75) is 50.6 Å². The standard InChI is InChI=1S/C8H18O5S/c1-7(2,9)5-6(8(3,4)10)14(11,12)13/h6,9-10H,5H2,1-4H3,(H,11,12,13). The van der Waals surface area contributed by atoms with Crippen molar-refractivity contribution in [3.63, 3.8) is 0 Å². The van der Waals surface area contributed by atoms with Crippen molar-refractivity contribution in [3.8, 4) is 0 Å². The highest BCUT2D eigenvalue weighted by molar-refractivity contribution is 7.86. The number of aliphatic hydroxyl groups is 2. The van der Waals surface area contributed by atoms with Crippen LogP contribution in [0.5, 0.6) is 0 Å². The molecular weight excluding hydrogens is 208 g/mol. The van der Waals surface area contributed by atoms with E-state index >= 15 is 0 Å². The fourth-order valence-electron chi connectivity index (χ4n) is 1.17. The molecule has 0 amide bonds. The summed E-state index contributed by atoms with van der Waals surface area (Å²) in [6.07, 6.45) is -0.227. The van der Waals surface area contributed by atoms with Crippen LogP contribution in [0.3, 0.4) is 0 Å². The Morgan fingerprint density at radius 2 is 1.50 bits per heavy atom. The van der Waals surface area contributed by atoms with Gasteiger partial charge in [0.05, 0.1) is 11.2 Å². The molecule has 0 heterocycles. The van der Waals surface area contributed by atoms with Gasteiger partial charge in [-0.2, -0.15) is 8.42 Å². The average Bonchev–Trinajstić information content (AvgIpc) is 1.75. The highest BCUT2D eigenvalue weighted by Crippen LogP contribution is 2.25. The van der Waals surface area contributed by atoms with Crippen molar-refractivity contribution in [1.29, 1.82) is 0 Å². The summed E-state index contributed by atoms with van der Waals surface area (Å²) in [5, 5.41) is 17.6. The molecule has 1 unspecified atom stereocenters. The highest BCUT2D eigenvalue weighted by Gasteiger charge is 2.40. The maximum Gasteiger partial charge on any atom is 0.270 e. The molecule has 0 aromatic carbocycles. The lowest BCUT2D eigenvalue weighted by atomic mass is 9.94. The summed E-state index contributed by atoms with van der Waals surface area (Å²) in [5.41, 5.74) is -2.85. The molecule has 0 bridgehead atoms. The Morgan fingerprint density at radius 3 is 1.57 bits per heavy atom. The van der Waals surface area contributed by atoms with Crippen molar-refractivity contribution in [3.05, 3.63) is 0 Å². The van der Waals surface area contributed by atoms with Gasteiger partial charge in [-0.25, -0.2) is 0 Å². The van der Waals surface area contributed by atoms with Crippen LogP contribution >= 0.6 is 0 Å². The Balaban J connectivity index is 4.98. The predicted molar refractivity (Wildman–Crippen MR) is 52.5 cm³/mol. The Labute approximate surface area is 84.5 Å². The second-order valence-electron chi connectivity index (χ2n) is 4.67. The highest BCUT2D eigenvalue weighted by atomic mass is 32.2. The molecule has 5 nitrogen and oxygen atoms in total. The van der Waals surface area contributed by atoms with Gasteiger partial charge in [0, 0.05) is 0 Å². The van der Waals surface area contributed by atoms with Crippen LogP contribution in [0, 0.1) is 0 Å². The largest absolute Gasteiger partial charge is 0.390 e. The topological polar surface area (TPSA) is 94.8 Å². The molecule has 0 aliphatic rings. The summed E-state index contributed by atoms with van der Waals surface area (Å²) in [6, 6.07) is 0. The number of rotatable bonds is 4. The van der Waals surface area contributed by atoms with Gasteiger partial charge in [0.2, 0.25) is 0 Å². The van der Waals surface area contributed by atoms with Crippen LogP contribution in [-0.4, -0.2) is 39.6 Å². The smallest absolute Gasteiger partial charge is 0.270 e. The summed E-state index contributed by atoms with van der Waals surface area (Å²) in [7, 11) is -4.37. The van der Waals surface area contributed by atoms with E-state index in [4.69, 9.17) is 4.55 Å². The molecule has 0 aliphatic carbocycles. The molecule has 0 spiro atoms. The molecule has 6 heteroatoms. The Morgan fingerprint density at radius 1 is 1.14 bits per heavy atom. The van der Waals surface area contributed by atoms with Gasteiger partial charge < -0.3 is 10.2 Å². The number of hydrogen-bond donors (Lipinski definition) is 3. The van der Waals surface area contributed by atoms with E-state index in [1.807, 2.05) is 0 Å². The minimum atomic E-state index is -4.37. The quantitative estimate of drug-likeness (QED) is 0.594. The molecular formula is C8H18O5S. The predicted octanol–water partition coefficient (Wildman–Crippen LogP) is 0.175. The van der Waals surface area contributed by atoms with Crippen LogP contribution in [0.1, 0.15) is 34.1 Å². The molecule has 0 saturated carbocycles. The molecule has 0 aliphatic heterocycles. The molecule has 0 radical (unpaired) electrons. The molecule has 3 N–H and O–H groups in total. The SMILES string of the molecule is CC(C)(O)CC(C(C)(C)O)S(=O)(=O)O. The monoisotopic (exact) mass is 226 g/mol. The third-order valence-corrected chi connectivity index (χ3v) is 3.29. The normalized spacial score (nSPS) is 16.8. The molecule has 0 saturated heterocycles. The Bertz CT molecular complexity index is 280. The van der Waals surface area contributed by atoms with E-state index in [0.717, 1.165) is 0 Å². The average molecular weight is 226 g/mol. The third-order valence-electron chi connectivity index (χ3n) is 1.83.